The normalized spacial score (nSPS) is 10.4. The van der Waals surface area contributed by atoms with Gasteiger partial charge in [0.15, 0.2) is 5.78 Å². The molecule has 5 heteroatoms. The minimum Gasteiger partial charge on any atom is -0.496 e. The van der Waals surface area contributed by atoms with Crippen molar-refractivity contribution >= 4 is 33.0 Å². The lowest BCUT2D eigenvalue weighted by atomic mass is 10.1. The third-order valence-electron chi connectivity index (χ3n) is 2.37. The first-order valence-electron chi connectivity index (χ1n) is 5.19. The molecule has 0 bridgehead atoms. The van der Waals surface area contributed by atoms with E-state index in [0.29, 0.717) is 20.7 Å². The molecule has 0 N–H and O–H groups in total. The van der Waals surface area contributed by atoms with E-state index in [1.165, 1.54) is 23.5 Å². The molecule has 0 fully saturated rings. The van der Waals surface area contributed by atoms with Crippen molar-refractivity contribution in [3.05, 3.63) is 50.4 Å². The molecule has 18 heavy (non-hydrogen) atoms. The van der Waals surface area contributed by atoms with Crippen LogP contribution >= 0.6 is 27.3 Å². The van der Waals surface area contributed by atoms with Crippen LogP contribution in [0.15, 0.2) is 34.1 Å². The molecule has 0 unspecified atom stereocenters. The van der Waals surface area contributed by atoms with E-state index in [1.54, 1.807) is 24.6 Å². The second-order valence-corrected chi connectivity index (χ2v) is 5.56. The Morgan fingerprint density at radius 1 is 1.39 bits per heavy atom. The van der Waals surface area contributed by atoms with Gasteiger partial charge in [0.2, 0.25) is 0 Å². The largest absolute Gasteiger partial charge is 0.496 e. The van der Waals surface area contributed by atoms with E-state index in [2.05, 4.69) is 15.9 Å². The quantitative estimate of drug-likeness (QED) is 0.790. The van der Waals surface area contributed by atoms with Gasteiger partial charge in [0.1, 0.15) is 11.6 Å². The number of hydrogen-bond donors (Lipinski definition) is 0. The summed E-state index contributed by atoms with van der Waals surface area (Å²) in [6.07, 6.45) is 0.181. The average Bonchev–Trinajstić information content (AvgIpc) is 2.75. The fourth-order valence-corrected chi connectivity index (χ4v) is 2.87. The minimum absolute atomic E-state index is 0.0409. The maximum absolute atomic E-state index is 13.2. The van der Waals surface area contributed by atoms with Crippen LogP contribution in [0, 0.1) is 5.82 Å². The molecule has 0 atom stereocenters. The summed E-state index contributed by atoms with van der Waals surface area (Å²) < 4.78 is 18.8. The minimum atomic E-state index is -0.351. The Balaban J connectivity index is 2.15. The first kappa shape index (κ1) is 13.2. The fourth-order valence-electron chi connectivity index (χ4n) is 1.56. The van der Waals surface area contributed by atoms with Crippen LogP contribution in [-0.2, 0) is 6.42 Å². The smallest absolute Gasteiger partial charge is 0.177 e. The molecule has 2 rings (SSSR count). The monoisotopic (exact) mass is 328 g/mol. The Bertz CT molecular complexity index is 560. The Morgan fingerprint density at radius 3 is 2.78 bits per heavy atom. The number of carbonyl (C=O) groups is 1. The lowest BCUT2D eigenvalue weighted by Crippen LogP contribution is -2.01. The van der Waals surface area contributed by atoms with E-state index in [9.17, 15) is 9.18 Å². The number of hydrogen-bond acceptors (Lipinski definition) is 3. The maximum Gasteiger partial charge on any atom is 0.177 e. The summed E-state index contributed by atoms with van der Waals surface area (Å²) in [6.45, 7) is 0. The third kappa shape index (κ3) is 3.17. The highest BCUT2D eigenvalue weighted by Crippen LogP contribution is 2.23. The molecule has 0 aliphatic carbocycles. The highest BCUT2D eigenvalue weighted by Gasteiger charge is 2.11. The number of rotatable bonds is 4. The van der Waals surface area contributed by atoms with Crippen molar-refractivity contribution in [2.45, 2.75) is 6.42 Å². The number of Topliss-reactive ketones (excluding diaryl/α,β-unsaturated/α-hetero) is 1. The van der Waals surface area contributed by atoms with Gasteiger partial charge in [0.25, 0.3) is 0 Å². The second kappa shape index (κ2) is 5.63. The number of benzene rings is 1. The van der Waals surface area contributed by atoms with Gasteiger partial charge in [-0.3, -0.25) is 4.79 Å². The van der Waals surface area contributed by atoms with Gasteiger partial charge in [0, 0.05) is 22.3 Å². The first-order valence-corrected chi connectivity index (χ1v) is 6.86. The molecule has 2 aromatic rings. The standard InChI is InChI=1S/C13H10BrFO2S/c1-17-11-6-13(18-7-11)12(16)4-8-2-9(14)5-10(15)3-8/h2-3,5-7H,4H2,1H3. The third-order valence-corrected chi connectivity index (χ3v) is 3.78. The van der Waals surface area contributed by atoms with Gasteiger partial charge in [-0.15, -0.1) is 11.3 Å². The molecule has 2 nitrogen and oxygen atoms in total. The van der Waals surface area contributed by atoms with Gasteiger partial charge < -0.3 is 4.74 Å². The lowest BCUT2D eigenvalue weighted by molar-refractivity contribution is 0.0996. The number of ketones is 1. The van der Waals surface area contributed by atoms with Gasteiger partial charge in [-0.2, -0.15) is 0 Å². The van der Waals surface area contributed by atoms with Crippen molar-refractivity contribution in [3.8, 4) is 5.75 Å². The molecule has 0 amide bonds. The molecule has 0 aliphatic heterocycles. The van der Waals surface area contributed by atoms with E-state index in [1.807, 2.05) is 0 Å². The van der Waals surface area contributed by atoms with Crippen LogP contribution in [0.4, 0.5) is 4.39 Å². The number of thiophene rings is 1. The molecule has 0 aliphatic rings. The fraction of sp³-hybridized carbons (Fsp3) is 0.154. The van der Waals surface area contributed by atoms with Crippen LogP contribution < -0.4 is 4.74 Å². The molecule has 0 spiro atoms. The average molecular weight is 329 g/mol. The molecule has 0 saturated carbocycles. The van der Waals surface area contributed by atoms with E-state index in [0.717, 1.165) is 0 Å². The zero-order valence-corrected chi connectivity index (χ0v) is 12.0. The molecular weight excluding hydrogens is 319 g/mol. The van der Waals surface area contributed by atoms with Gasteiger partial charge in [0.05, 0.1) is 12.0 Å². The Morgan fingerprint density at radius 2 is 2.17 bits per heavy atom. The maximum atomic E-state index is 13.2. The summed E-state index contributed by atoms with van der Waals surface area (Å²) in [5, 5.41) is 1.77. The van der Waals surface area contributed by atoms with Crippen LogP contribution in [0.3, 0.4) is 0 Å². The molecule has 94 valence electrons. The van der Waals surface area contributed by atoms with E-state index in [-0.39, 0.29) is 18.0 Å². The molecule has 1 heterocycles. The summed E-state index contributed by atoms with van der Waals surface area (Å²) in [4.78, 5) is 12.6. The molecule has 1 aromatic carbocycles. The number of halogens is 2. The predicted molar refractivity (Wildman–Crippen MR) is 73.0 cm³/mol. The Kier molecular flexibility index (Phi) is 4.14. The molecule has 1 aromatic heterocycles. The Labute approximate surface area is 117 Å². The van der Waals surface area contributed by atoms with Crippen molar-refractivity contribution < 1.29 is 13.9 Å². The first-order chi connectivity index (χ1) is 8.58. The van der Waals surface area contributed by atoms with Crippen LogP contribution in [0.5, 0.6) is 5.75 Å². The van der Waals surface area contributed by atoms with Crippen LogP contribution in [-0.4, -0.2) is 12.9 Å². The van der Waals surface area contributed by atoms with Crippen molar-refractivity contribution in [2.24, 2.45) is 0 Å². The highest BCUT2D eigenvalue weighted by atomic mass is 79.9. The number of methoxy groups -OCH3 is 1. The van der Waals surface area contributed by atoms with Gasteiger partial charge in [-0.25, -0.2) is 4.39 Å². The van der Waals surface area contributed by atoms with E-state index < -0.39 is 0 Å². The van der Waals surface area contributed by atoms with Gasteiger partial charge >= 0.3 is 0 Å². The molecule has 0 saturated heterocycles. The van der Waals surface area contributed by atoms with Gasteiger partial charge in [-0.1, -0.05) is 15.9 Å². The van der Waals surface area contributed by atoms with Crippen molar-refractivity contribution in [3.63, 3.8) is 0 Å². The SMILES string of the molecule is COc1csc(C(=O)Cc2cc(F)cc(Br)c2)c1. The van der Waals surface area contributed by atoms with Crippen molar-refractivity contribution in [1.82, 2.24) is 0 Å². The predicted octanol–water partition coefficient (Wildman–Crippen LogP) is 4.08. The molecular formula is C13H10BrFO2S. The number of ether oxygens (including phenoxy) is 1. The molecule has 0 radical (unpaired) electrons. The zero-order chi connectivity index (χ0) is 13.1. The summed E-state index contributed by atoms with van der Waals surface area (Å²) >= 11 is 4.54. The summed E-state index contributed by atoms with van der Waals surface area (Å²) in [5.74, 6) is 0.278. The van der Waals surface area contributed by atoms with Crippen LogP contribution in [0.1, 0.15) is 15.2 Å². The van der Waals surface area contributed by atoms with Crippen LogP contribution in [0.2, 0.25) is 0 Å². The topological polar surface area (TPSA) is 26.3 Å². The Hall–Kier alpha value is -1.20. The highest BCUT2D eigenvalue weighted by molar-refractivity contribution is 9.10. The summed E-state index contributed by atoms with van der Waals surface area (Å²) in [5.41, 5.74) is 0.652. The summed E-state index contributed by atoms with van der Waals surface area (Å²) in [6, 6.07) is 6.17. The van der Waals surface area contributed by atoms with Crippen molar-refractivity contribution in [2.75, 3.05) is 7.11 Å². The van der Waals surface area contributed by atoms with E-state index in [4.69, 9.17) is 4.74 Å². The zero-order valence-electron chi connectivity index (χ0n) is 9.57. The van der Waals surface area contributed by atoms with Crippen LogP contribution in [0.25, 0.3) is 0 Å². The second-order valence-electron chi connectivity index (χ2n) is 3.73. The van der Waals surface area contributed by atoms with E-state index >= 15 is 0 Å². The number of carbonyl (C=O) groups excluding carboxylic acids is 1. The van der Waals surface area contributed by atoms with Crippen molar-refractivity contribution in [1.29, 1.82) is 0 Å². The van der Waals surface area contributed by atoms with Gasteiger partial charge in [-0.05, 0) is 23.8 Å². The lowest BCUT2D eigenvalue weighted by Gasteiger charge is -2.01. The summed E-state index contributed by atoms with van der Waals surface area (Å²) in [7, 11) is 1.56.